The van der Waals surface area contributed by atoms with Crippen LogP contribution in [0.5, 0.6) is 0 Å². The van der Waals surface area contributed by atoms with Gasteiger partial charge in [-0.15, -0.1) is 10.2 Å². The molecular weight excluding hydrogens is 508 g/mol. The van der Waals surface area contributed by atoms with Crippen molar-refractivity contribution in [3.63, 3.8) is 0 Å². The zero-order valence-electron chi connectivity index (χ0n) is 21.1. The number of esters is 1. The van der Waals surface area contributed by atoms with E-state index in [9.17, 15) is 9.59 Å². The predicted molar refractivity (Wildman–Crippen MR) is 142 cm³/mol. The van der Waals surface area contributed by atoms with Crippen molar-refractivity contribution in [2.45, 2.75) is 44.7 Å². The number of ether oxygens (including phenoxy) is 1. The molecule has 0 saturated carbocycles. The smallest absolute Gasteiger partial charge is 0.332 e. The van der Waals surface area contributed by atoms with Crippen molar-refractivity contribution in [1.82, 2.24) is 30.2 Å². The van der Waals surface area contributed by atoms with Crippen LogP contribution in [0.15, 0.2) is 48.5 Å². The van der Waals surface area contributed by atoms with Crippen LogP contribution in [-0.2, 0) is 32.8 Å². The molecule has 0 fully saturated rings. The Hall–Kier alpha value is -4.09. The molecule has 198 valence electrons. The number of benzene rings is 2. The van der Waals surface area contributed by atoms with Gasteiger partial charge >= 0.3 is 5.97 Å². The van der Waals surface area contributed by atoms with E-state index in [0.29, 0.717) is 24.6 Å². The van der Waals surface area contributed by atoms with Crippen LogP contribution in [0.3, 0.4) is 0 Å². The zero-order valence-corrected chi connectivity index (χ0v) is 21.9. The van der Waals surface area contributed by atoms with Crippen LogP contribution >= 0.6 is 11.6 Å². The van der Waals surface area contributed by atoms with Gasteiger partial charge in [0.1, 0.15) is 5.82 Å². The Kier molecular flexibility index (Phi) is 8.18. The monoisotopic (exact) mass is 536 g/mol. The number of amides is 1. The van der Waals surface area contributed by atoms with E-state index in [1.165, 1.54) is 7.11 Å². The number of imidazole rings is 1. The number of primary amides is 1. The maximum Gasteiger partial charge on any atom is 0.332 e. The number of H-pyrrole nitrogens is 1. The summed E-state index contributed by atoms with van der Waals surface area (Å²) in [4.78, 5) is 29.2. The first-order chi connectivity index (χ1) is 18.3. The Morgan fingerprint density at radius 3 is 2.45 bits per heavy atom. The summed E-state index contributed by atoms with van der Waals surface area (Å²) in [5.74, 6) is -0.433. The number of tetrazole rings is 1. The fourth-order valence-electron chi connectivity index (χ4n) is 4.48. The fraction of sp³-hybridized carbons (Fsp3) is 0.308. The van der Waals surface area contributed by atoms with Gasteiger partial charge in [0.25, 0.3) is 0 Å². The van der Waals surface area contributed by atoms with Gasteiger partial charge in [-0.2, -0.15) is 5.21 Å². The molecule has 0 aliphatic heterocycles. The van der Waals surface area contributed by atoms with E-state index in [-0.39, 0.29) is 10.8 Å². The van der Waals surface area contributed by atoms with Gasteiger partial charge < -0.3 is 20.8 Å². The van der Waals surface area contributed by atoms with Crippen molar-refractivity contribution in [1.29, 1.82) is 0 Å². The topological polar surface area (TPSA) is 168 Å². The minimum absolute atomic E-state index is 0.0379. The van der Waals surface area contributed by atoms with Crippen LogP contribution in [0.25, 0.3) is 22.5 Å². The number of hydrogen-bond acceptors (Lipinski definition) is 8. The lowest BCUT2D eigenvalue weighted by Gasteiger charge is -2.27. The Balaban J connectivity index is 1.74. The molecule has 1 atom stereocenters. The van der Waals surface area contributed by atoms with Crippen LogP contribution in [0, 0.1) is 0 Å². The summed E-state index contributed by atoms with van der Waals surface area (Å²) in [7, 11) is 1.20. The predicted octanol–water partition coefficient (Wildman–Crippen LogP) is 2.98. The zero-order chi connectivity index (χ0) is 27.3. The first-order valence-electron chi connectivity index (χ1n) is 12.1. The molecule has 2 heterocycles. The van der Waals surface area contributed by atoms with Crippen LogP contribution in [-0.4, -0.2) is 49.2 Å². The van der Waals surface area contributed by atoms with E-state index >= 15 is 0 Å². The van der Waals surface area contributed by atoms with Crippen molar-refractivity contribution in [2.75, 3.05) is 7.11 Å². The SMILES string of the molecule is CCCCc1nc(Cl)c([C@](N)(CC(N)=O)C(=O)OC)n1Cc1ccc(-c2ccccc2-c2nn[nH]n2)cc1. The molecule has 0 aliphatic carbocycles. The number of nitrogens with two attached hydrogens (primary N) is 2. The van der Waals surface area contributed by atoms with E-state index in [2.05, 4.69) is 32.5 Å². The maximum atomic E-state index is 12.8. The molecule has 5 N–H and O–H groups in total. The van der Waals surface area contributed by atoms with Crippen LogP contribution < -0.4 is 11.5 Å². The summed E-state index contributed by atoms with van der Waals surface area (Å²) in [6.07, 6.45) is 1.91. The van der Waals surface area contributed by atoms with E-state index in [1.807, 2.05) is 48.5 Å². The molecule has 4 rings (SSSR count). The number of unbranched alkanes of at least 4 members (excludes halogenated alkanes) is 1. The van der Waals surface area contributed by atoms with Gasteiger partial charge in [0, 0.05) is 18.5 Å². The molecular formula is C26H29ClN8O3. The second-order valence-corrected chi connectivity index (χ2v) is 9.30. The molecule has 12 heteroatoms. The van der Waals surface area contributed by atoms with Gasteiger partial charge in [-0.05, 0) is 28.3 Å². The maximum absolute atomic E-state index is 12.8. The molecule has 11 nitrogen and oxygen atoms in total. The number of aromatic nitrogens is 6. The number of nitrogens with zero attached hydrogens (tertiary/aromatic N) is 5. The molecule has 0 unspecified atom stereocenters. The van der Waals surface area contributed by atoms with Gasteiger partial charge in [-0.1, -0.05) is 73.5 Å². The summed E-state index contributed by atoms with van der Waals surface area (Å²) in [5.41, 5.74) is 13.9. The van der Waals surface area contributed by atoms with Crippen molar-refractivity contribution >= 4 is 23.5 Å². The number of rotatable bonds is 11. The summed E-state index contributed by atoms with van der Waals surface area (Å²) in [6.45, 7) is 2.38. The third-order valence-corrected chi connectivity index (χ3v) is 6.57. The van der Waals surface area contributed by atoms with E-state index in [1.54, 1.807) is 4.57 Å². The Bertz CT molecular complexity index is 1420. The highest BCUT2D eigenvalue weighted by Crippen LogP contribution is 2.34. The van der Waals surface area contributed by atoms with Gasteiger partial charge in [0.2, 0.25) is 11.7 Å². The number of carbonyl (C=O) groups excluding carboxylic acids is 2. The lowest BCUT2D eigenvalue weighted by atomic mass is 9.92. The number of carbonyl (C=O) groups is 2. The summed E-state index contributed by atoms with van der Waals surface area (Å²) in [5, 5.41) is 14.4. The van der Waals surface area contributed by atoms with Crippen molar-refractivity contribution < 1.29 is 14.3 Å². The average molecular weight is 537 g/mol. The van der Waals surface area contributed by atoms with E-state index in [4.69, 9.17) is 27.8 Å². The van der Waals surface area contributed by atoms with Gasteiger partial charge in [-0.25, -0.2) is 9.78 Å². The number of halogens is 1. The normalized spacial score (nSPS) is 12.7. The second kappa shape index (κ2) is 11.5. The van der Waals surface area contributed by atoms with Gasteiger partial charge in [0.15, 0.2) is 10.7 Å². The largest absolute Gasteiger partial charge is 0.467 e. The fourth-order valence-corrected chi connectivity index (χ4v) is 4.84. The van der Waals surface area contributed by atoms with Crippen molar-refractivity contribution in [3.05, 3.63) is 70.8 Å². The molecule has 1 amide bonds. The van der Waals surface area contributed by atoms with Gasteiger partial charge in [-0.3, -0.25) is 4.79 Å². The minimum Gasteiger partial charge on any atom is -0.467 e. The number of methoxy groups -OCH3 is 1. The first-order valence-corrected chi connectivity index (χ1v) is 12.5. The first kappa shape index (κ1) is 27.0. The molecule has 0 spiro atoms. The molecule has 4 aromatic rings. The number of aromatic amines is 1. The minimum atomic E-state index is -1.89. The third-order valence-electron chi connectivity index (χ3n) is 6.30. The Morgan fingerprint density at radius 2 is 1.84 bits per heavy atom. The lowest BCUT2D eigenvalue weighted by Crippen LogP contribution is -2.50. The average Bonchev–Trinajstić information content (AvgIpc) is 3.55. The van der Waals surface area contributed by atoms with Crippen LogP contribution in [0.1, 0.15) is 43.3 Å². The third kappa shape index (κ3) is 5.43. The van der Waals surface area contributed by atoms with E-state index < -0.39 is 23.8 Å². The van der Waals surface area contributed by atoms with Crippen LogP contribution in [0.2, 0.25) is 5.15 Å². The Labute approximate surface area is 224 Å². The molecule has 0 aliphatic rings. The number of nitrogens with one attached hydrogen (secondary N) is 1. The standard InChI is InChI=1S/C26H29ClN8O3/c1-3-4-9-21-30-23(27)22(26(29,14-20(28)36)25(37)38-2)35(21)15-16-10-12-17(13-11-16)18-7-5-6-8-19(18)24-31-33-34-32-24/h5-8,10-13H,3-4,9,14-15,29H2,1-2H3,(H2,28,36)(H,31,32,33,34)/t26-/m1/s1. The molecule has 0 radical (unpaired) electrons. The molecule has 2 aromatic heterocycles. The van der Waals surface area contributed by atoms with Crippen molar-refractivity contribution in [3.8, 4) is 22.5 Å². The van der Waals surface area contributed by atoms with Gasteiger partial charge in [0.05, 0.1) is 19.2 Å². The van der Waals surface area contributed by atoms with Crippen LogP contribution in [0.4, 0.5) is 0 Å². The molecule has 0 saturated heterocycles. The second-order valence-electron chi connectivity index (χ2n) is 8.94. The highest BCUT2D eigenvalue weighted by Gasteiger charge is 2.44. The molecule has 0 bridgehead atoms. The highest BCUT2D eigenvalue weighted by molar-refractivity contribution is 6.30. The quantitative estimate of drug-likeness (QED) is 0.246. The summed E-state index contributed by atoms with van der Waals surface area (Å²) in [6, 6.07) is 15.7. The Morgan fingerprint density at radius 1 is 1.13 bits per heavy atom. The molecule has 2 aromatic carbocycles. The molecule has 38 heavy (non-hydrogen) atoms. The highest BCUT2D eigenvalue weighted by atomic mass is 35.5. The number of aryl methyl sites for hydroxylation is 1. The lowest BCUT2D eigenvalue weighted by molar-refractivity contribution is -0.149. The van der Waals surface area contributed by atoms with E-state index in [0.717, 1.165) is 35.1 Å². The summed E-state index contributed by atoms with van der Waals surface area (Å²) < 4.78 is 6.73. The van der Waals surface area contributed by atoms with Crippen molar-refractivity contribution in [2.24, 2.45) is 11.5 Å². The summed E-state index contributed by atoms with van der Waals surface area (Å²) >= 11 is 6.54. The number of hydrogen-bond donors (Lipinski definition) is 3.